The van der Waals surface area contributed by atoms with E-state index in [0.717, 1.165) is 23.3 Å². The molecule has 0 saturated heterocycles. The number of hydrogen-bond acceptors (Lipinski definition) is 0. The van der Waals surface area contributed by atoms with Crippen molar-refractivity contribution in [2.24, 2.45) is 0 Å². The summed E-state index contributed by atoms with van der Waals surface area (Å²) in [5, 5.41) is 0. The molecular weight excluding hydrogens is 310 g/mol. The van der Waals surface area contributed by atoms with Crippen LogP contribution in [-0.2, 0) is 0 Å². The third-order valence-corrected chi connectivity index (χ3v) is 8.23. The highest BCUT2D eigenvalue weighted by atomic mass is 14.2. The van der Waals surface area contributed by atoms with Gasteiger partial charge in [-0.15, -0.1) is 0 Å². The van der Waals surface area contributed by atoms with Crippen LogP contribution in [0.1, 0.15) is 128 Å². The van der Waals surface area contributed by atoms with Crippen LogP contribution in [0.25, 0.3) is 0 Å². The van der Waals surface area contributed by atoms with E-state index in [-0.39, 0.29) is 0 Å². The molecule has 3 aliphatic carbocycles. The van der Waals surface area contributed by atoms with Gasteiger partial charge < -0.3 is 0 Å². The van der Waals surface area contributed by atoms with Crippen molar-refractivity contribution in [1.82, 2.24) is 0 Å². The Balaban J connectivity index is 1.36. The fraction of sp³-hybridized carbons (Fsp3) is 1.00. The van der Waals surface area contributed by atoms with Gasteiger partial charge in [-0.1, -0.05) is 152 Å². The maximum absolute atomic E-state index is 1.59. The second kappa shape index (κ2) is 12.6. The Labute approximate surface area is 166 Å². The standard InChI is InChI=1S/C24H46B2/c1-3-7-13-21(14-8-4-1)25-23-17-11-19-24(20-12-18-23)26-22-15-9-5-2-6-10-16-22/h21-26H,1-20H2. The summed E-state index contributed by atoms with van der Waals surface area (Å²) in [5.74, 6) is 4.35. The molecule has 0 bridgehead atoms. The van der Waals surface area contributed by atoms with E-state index in [4.69, 9.17) is 0 Å². The van der Waals surface area contributed by atoms with Crippen molar-refractivity contribution in [1.29, 1.82) is 0 Å². The molecule has 3 fully saturated rings. The first-order valence-corrected chi connectivity index (χ1v) is 12.9. The van der Waals surface area contributed by atoms with Crippen molar-refractivity contribution >= 4 is 14.6 Å². The molecule has 3 saturated carbocycles. The highest BCUT2D eigenvalue weighted by molar-refractivity contribution is 6.40. The van der Waals surface area contributed by atoms with Crippen molar-refractivity contribution < 1.29 is 0 Å². The van der Waals surface area contributed by atoms with Crippen LogP contribution < -0.4 is 0 Å². The van der Waals surface area contributed by atoms with Gasteiger partial charge in [0.05, 0.1) is 0 Å². The summed E-state index contributed by atoms with van der Waals surface area (Å²) in [6.07, 6.45) is 30.8. The predicted molar refractivity (Wildman–Crippen MR) is 122 cm³/mol. The van der Waals surface area contributed by atoms with Crippen molar-refractivity contribution in [3.8, 4) is 0 Å². The molecule has 26 heavy (non-hydrogen) atoms. The fourth-order valence-corrected chi connectivity index (χ4v) is 6.65. The van der Waals surface area contributed by atoms with Gasteiger partial charge in [-0.05, 0) is 0 Å². The Hall–Kier alpha value is 0.130. The smallest absolute Gasteiger partial charge is 0.0654 e. The topological polar surface area (TPSA) is 0 Å². The van der Waals surface area contributed by atoms with Crippen LogP contribution in [0.2, 0.25) is 23.3 Å². The lowest BCUT2D eigenvalue weighted by Crippen LogP contribution is -2.18. The normalized spacial score (nSPS) is 31.5. The van der Waals surface area contributed by atoms with Crippen molar-refractivity contribution in [3.63, 3.8) is 0 Å². The van der Waals surface area contributed by atoms with Gasteiger partial charge in [0.15, 0.2) is 0 Å². The van der Waals surface area contributed by atoms with Crippen molar-refractivity contribution in [2.45, 2.75) is 152 Å². The molecule has 0 aromatic rings. The van der Waals surface area contributed by atoms with Gasteiger partial charge >= 0.3 is 0 Å². The Bertz CT molecular complexity index is 298. The largest absolute Gasteiger partial charge is 0.127 e. The predicted octanol–water partition coefficient (Wildman–Crippen LogP) is 7.86. The Kier molecular flexibility index (Phi) is 10.1. The van der Waals surface area contributed by atoms with E-state index in [9.17, 15) is 0 Å². The summed E-state index contributed by atoms with van der Waals surface area (Å²) in [6.45, 7) is 0. The Morgan fingerprint density at radius 3 is 0.808 bits per heavy atom. The zero-order valence-corrected chi connectivity index (χ0v) is 17.9. The summed E-state index contributed by atoms with van der Waals surface area (Å²) in [6, 6.07) is 0. The molecule has 0 heterocycles. The monoisotopic (exact) mass is 356 g/mol. The van der Waals surface area contributed by atoms with E-state index in [0.29, 0.717) is 0 Å². The zero-order chi connectivity index (χ0) is 17.9. The summed E-state index contributed by atoms with van der Waals surface area (Å²) in [7, 11) is 3.18. The van der Waals surface area contributed by atoms with Gasteiger partial charge in [0, 0.05) is 0 Å². The van der Waals surface area contributed by atoms with Crippen LogP contribution in [0, 0.1) is 0 Å². The molecule has 0 aromatic heterocycles. The van der Waals surface area contributed by atoms with Gasteiger partial charge in [-0.3, -0.25) is 0 Å². The fourth-order valence-electron chi connectivity index (χ4n) is 6.65. The minimum Gasteiger partial charge on any atom is -0.0654 e. The average molecular weight is 356 g/mol. The third-order valence-electron chi connectivity index (χ3n) is 8.23. The minimum absolute atomic E-state index is 1.08. The van der Waals surface area contributed by atoms with Crippen molar-refractivity contribution in [2.75, 3.05) is 0 Å². The van der Waals surface area contributed by atoms with Crippen LogP contribution in [-0.4, -0.2) is 14.6 Å². The molecule has 2 heteroatoms. The quantitative estimate of drug-likeness (QED) is 0.450. The van der Waals surface area contributed by atoms with Crippen LogP contribution >= 0.6 is 0 Å². The summed E-state index contributed by atoms with van der Waals surface area (Å²) in [4.78, 5) is 0. The lowest BCUT2D eigenvalue weighted by molar-refractivity contribution is 0.467. The van der Waals surface area contributed by atoms with Gasteiger partial charge in [-0.25, -0.2) is 0 Å². The second-order valence-electron chi connectivity index (χ2n) is 10.5. The van der Waals surface area contributed by atoms with Crippen LogP contribution in [0.15, 0.2) is 0 Å². The third kappa shape index (κ3) is 8.02. The van der Waals surface area contributed by atoms with Crippen molar-refractivity contribution in [3.05, 3.63) is 0 Å². The maximum Gasteiger partial charge on any atom is 0.127 e. The Morgan fingerprint density at radius 2 is 0.500 bits per heavy atom. The molecule has 0 N–H and O–H groups in total. The second-order valence-corrected chi connectivity index (χ2v) is 10.5. The highest BCUT2D eigenvalue weighted by Crippen LogP contribution is 2.38. The molecule has 3 aliphatic rings. The molecule has 0 aliphatic heterocycles. The first-order chi connectivity index (χ1) is 12.9. The SMILES string of the molecule is B(C1CCCCCCC1)C1CCCC(BC2CCCCCCC2)CCC1. The van der Waals surface area contributed by atoms with E-state index in [1.165, 1.54) is 64.2 Å². The van der Waals surface area contributed by atoms with Gasteiger partial charge in [-0.2, -0.15) is 0 Å². The molecule has 148 valence electrons. The van der Waals surface area contributed by atoms with E-state index >= 15 is 0 Å². The van der Waals surface area contributed by atoms with E-state index in [2.05, 4.69) is 0 Å². The minimum atomic E-state index is 1.08. The average Bonchev–Trinajstić information content (AvgIpc) is 2.56. The highest BCUT2D eigenvalue weighted by Gasteiger charge is 2.24. The summed E-state index contributed by atoms with van der Waals surface area (Å²) in [5.41, 5.74) is 0. The molecule has 0 spiro atoms. The number of hydrogen-bond donors (Lipinski definition) is 0. The zero-order valence-electron chi connectivity index (χ0n) is 17.9. The molecule has 0 aromatic carbocycles. The molecule has 0 nitrogen and oxygen atoms in total. The molecule has 0 unspecified atom stereocenters. The van der Waals surface area contributed by atoms with Gasteiger partial charge in [0.2, 0.25) is 0 Å². The number of rotatable bonds is 4. The molecule has 0 atom stereocenters. The van der Waals surface area contributed by atoms with Crippen LogP contribution in [0.5, 0.6) is 0 Å². The summed E-state index contributed by atoms with van der Waals surface area (Å²) < 4.78 is 0. The van der Waals surface area contributed by atoms with E-state index in [1.54, 1.807) is 78.8 Å². The van der Waals surface area contributed by atoms with Crippen LogP contribution in [0.3, 0.4) is 0 Å². The van der Waals surface area contributed by atoms with E-state index < -0.39 is 0 Å². The molecule has 0 radical (unpaired) electrons. The Morgan fingerprint density at radius 1 is 0.269 bits per heavy atom. The molecule has 3 rings (SSSR count). The van der Waals surface area contributed by atoms with Gasteiger partial charge in [0.1, 0.15) is 14.6 Å². The molecular formula is C24H46B2. The lowest BCUT2D eigenvalue weighted by atomic mass is 9.47. The first kappa shape index (κ1) is 20.9. The maximum atomic E-state index is 1.59. The molecule has 0 amide bonds. The van der Waals surface area contributed by atoms with Gasteiger partial charge in [0.25, 0.3) is 0 Å². The summed E-state index contributed by atoms with van der Waals surface area (Å²) >= 11 is 0. The van der Waals surface area contributed by atoms with Crippen LogP contribution in [0.4, 0.5) is 0 Å². The van der Waals surface area contributed by atoms with E-state index in [1.807, 2.05) is 0 Å². The first-order valence-electron chi connectivity index (χ1n) is 12.9. The lowest BCUT2D eigenvalue weighted by Gasteiger charge is -2.29.